The molecule has 1 aromatic heterocycles. The molecule has 1 aliphatic carbocycles. The molecule has 2 heterocycles. The highest BCUT2D eigenvalue weighted by Crippen LogP contribution is 2.63. The lowest BCUT2D eigenvalue weighted by atomic mass is 9.74. The van der Waals surface area contributed by atoms with Crippen molar-refractivity contribution in [3.05, 3.63) is 35.5 Å². The maximum atomic E-state index is 3.83. The Morgan fingerprint density at radius 2 is 1.74 bits per heavy atom. The van der Waals surface area contributed by atoms with E-state index >= 15 is 0 Å². The van der Waals surface area contributed by atoms with E-state index in [1.54, 1.807) is 0 Å². The smallest absolute Gasteiger partial charge is 0.0459 e. The molecule has 1 fully saturated rings. The molecule has 0 amide bonds. The minimum absolute atomic E-state index is 0.182. The summed E-state index contributed by atoms with van der Waals surface area (Å²) in [7, 11) is 0. The molecule has 1 aromatic carbocycles. The van der Waals surface area contributed by atoms with Gasteiger partial charge in [0.2, 0.25) is 0 Å². The summed E-state index contributed by atoms with van der Waals surface area (Å²) >= 11 is 0. The van der Waals surface area contributed by atoms with Gasteiger partial charge >= 0.3 is 0 Å². The molecule has 148 valence electrons. The largest absolute Gasteiger partial charge is 0.358 e. The van der Waals surface area contributed by atoms with Crippen molar-refractivity contribution in [2.75, 3.05) is 13.1 Å². The molecular formula is C25H38N2. The molecule has 4 rings (SSSR count). The first kappa shape index (κ1) is 19.1. The Bertz CT molecular complexity index is 828. The average Bonchev–Trinajstić information content (AvgIpc) is 3.08. The molecule has 2 nitrogen and oxygen atoms in total. The van der Waals surface area contributed by atoms with E-state index in [-0.39, 0.29) is 5.41 Å². The van der Waals surface area contributed by atoms with Crippen molar-refractivity contribution in [2.24, 2.45) is 22.7 Å². The van der Waals surface area contributed by atoms with Gasteiger partial charge in [0.1, 0.15) is 0 Å². The summed E-state index contributed by atoms with van der Waals surface area (Å²) in [5.74, 6) is 1.69. The predicted octanol–water partition coefficient (Wildman–Crippen LogP) is 6.06. The molecule has 0 bridgehead atoms. The van der Waals surface area contributed by atoms with Crippen molar-refractivity contribution >= 4 is 10.9 Å². The normalized spacial score (nSPS) is 33.3. The average molecular weight is 367 g/mol. The second-order valence-electron chi connectivity index (χ2n) is 11.3. The number of nitrogens with one attached hydrogen (secondary N) is 2. The van der Waals surface area contributed by atoms with Gasteiger partial charge in [-0.3, -0.25) is 0 Å². The number of aromatic nitrogens is 1. The van der Waals surface area contributed by atoms with Gasteiger partial charge in [0, 0.05) is 28.6 Å². The van der Waals surface area contributed by atoms with Crippen LogP contribution in [0, 0.1) is 22.7 Å². The highest BCUT2D eigenvalue weighted by Gasteiger charge is 2.55. The topological polar surface area (TPSA) is 27.8 Å². The summed E-state index contributed by atoms with van der Waals surface area (Å²) in [6.07, 6.45) is 5.11. The van der Waals surface area contributed by atoms with Crippen molar-refractivity contribution in [2.45, 2.75) is 72.6 Å². The summed E-state index contributed by atoms with van der Waals surface area (Å²) in [6, 6.07) is 8.87. The molecule has 0 radical (unpaired) electrons. The zero-order valence-corrected chi connectivity index (χ0v) is 18.2. The molecule has 2 aromatic rings. The van der Waals surface area contributed by atoms with Gasteiger partial charge in [0.05, 0.1) is 0 Å². The van der Waals surface area contributed by atoms with Crippen molar-refractivity contribution in [1.29, 1.82) is 0 Å². The van der Waals surface area contributed by atoms with Crippen LogP contribution in [0.4, 0.5) is 0 Å². The molecule has 2 aliphatic rings. The summed E-state index contributed by atoms with van der Waals surface area (Å²) in [5, 5.41) is 5.20. The maximum Gasteiger partial charge on any atom is 0.0459 e. The van der Waals surface area contributed by atoms with E-state index in [1.807, 2.05) is 0 Å². The molecule has 1 aliphatic heterocycles. The Balaban J connectivity index is 1.74. The third kappa shape index (κ3) is 3.58. The van der Waals surface area contributed by atoms with Gasteiger partial charge < -0.3 is 10.3 Å². The molecule has 27 heavy (non-hydrogen) atoms. The summed E-state index contributed by atoms with van der Waals surface area (Å²) < 4.78 is 0. The highest BCUT2D eigenvalue weighted by molar-refractivity contribution is 5.85. The third-order valence-electron chi connectivity index (χ3n) is 7.47. The Labute approximate surface area is 165 Å². The lowest BCUT2D eigenvalue weighted by Gasteiger charge is -2.31. The first-order chi connectivity index (χ1) is 12.6. The fourth-order valence-electron chi connectivity index (χ4n) is 6.40. The first-order valence-electron chi connectivity index (χ1n) is 10.9. The van der Waals surface area contributed by atoms with E-state index in [0.717, 1.165) is 31.3 Å². The van der Waals surface area contributed by atoms with Crippen LogP contribution in [-0.4, -0.2) is 18.1 Å². The molecule has 0 spiro atoms. The molecule has 3 atom stereocenters. The van der Waals surface area contributed by atoms with Crippen molar-refractivity contribution in [1.82, 2.24) is 10.3 Å². The van der Waals surface area contributed by atoms with Gasteiger partial charge in [0.25, 0.3) is 0 Å². The second kappa shape index (κ2) is 6.37. The summed E-state index contributed by atoms with van der Waals surface area (Å²) in [6.45, 7) is 17.0. The molecular weight excluding hydrogens is 328 g/mol. The van der Waals surface area contributed by atoms with E-state index in [2.05, 4.69) is 76.1 Å². The Morgan fingerprint density at radius 1 is 1.00 bits per heavy atom. The summed E-state index contributed by atoms with van der Waals surface area (Å²) in [4.78, 5) is 3.83. The third-order valence-corrected chi connectivity index (χ3v) is 7.47. The quantitative estimate of drug-likeness (QED) is 0.583. The van der Waals surface area contributed by atoms with Crippen LogP contribution in [0.3, 0.4) is 0 Å². The van der Waals surface area contributed by atoms with Crippen LogP contribution >= 0.6 is 0 Å². The minimum Gasteiger partial charge on any atom is -0.358 e. The standard InChI is InChI=1S/C25H38N2/c1-17-13-23(2,3)16-26-12-11-19-18-9-7-8-10-21(18)27-22(19)24(4,5)15-25(6)14-20(17)25/h7-10,17,20,26-27H,11-16H2,1-6H3. The van der Waals surface area contributed by atoms with Crippen LogP contribution in [0.15, 0.2) is 24.3 Å². The Morgan fingerprint density at radius 3 is 2.52 bits per heavy atom. The fraction of sp³-hybridized carbons (Fsp3) is 0.680. The molecule has 3 unspecified atom stereocenters. The number of benzene rings is 1. The number of para-hydroxylation sites is 1. The zero-order chi connectivity index (χ0) is 19.4. The van der Waals surface area contributed by atoms with Crippen molar-refractivity contribution in [3.63, 3.8) is 0 Å². The van der Waals surface area contributed by atoms with Crippen LogP contribution in [-0.2, 0) is 11.8 Å². The van der Waals surface area contributed by atoms with Gasteiger partial charge in [-0.1, -0.05) is 59.7 Å². The number of hydrogen-bond acceptors (Lipinski definition) is 1. The number of rotatable bonds is 0. The lowest BCUT2D eigenvalue weighted by Crippen LogP contribution is -2.32. The monoisotopic (exact) mass is 366 g/mol. The maximum absolute atomic E-state index is 3.83. The molecule has 1 saturated carbocycles. The van der Waals surface area contributed by atoms with Crippen molar-refractivity contribution < 1.29 is 0 Å². The number of hydrogen-bond donors (Lipinski definition) is 2. The van der Waals surface area contributed by atoms with E-state index < -0.39 is 0 Å². The van der Waals surface area contributed by atoms with Gasteiger partial charge in [-0.25, -0.2) is 0 Å². The second-order valence-corrected chi connectivity index (χ2v) is 11.3. The molecule has 0 saturated heterocycles. The predicted molar refractivity (Wildman–Crippen MR) is 116 cm³/mol. The van der Waals surface area contributed by atoms with Crippen LogP contribution in [0.1, 0.15) is 72.1 Å². The van der Waals surface area contributed by atoms with Gasteiger partial charge in [-0.15, -0.1) is 0 Å². The number of fused-ring (bicyclic) bond motifs is 4. The van der Waals surface area contributed by atoms with E-state index in [4.69, 9.17) is 0 Å². The fourth-order valence-corrected chi connectivity index (χ4v) is 6.40. The molecule has 2 heteroatoms. The van der Waals surface area contributed by atoms with Crippen LogP contribution in [0.5, 0.6) is 0 Å². The van der Waals surface area contributed by atoms with Gasteiger partial charge in [-0.2, -0.15) is 0 Å². The Kier molecular flexibility index (Phi) is 4.50. The number of H-pyrrole nitrogens is 1. The minimum atomic E-state index is 0.182. The van der Waals surface area contributed by atoms with E-state index in [1.165, 1.54) is 41.4 Å². The van der Waals surface area contributed by atoms with Gasteiger partial charge in [0.15, 0.2) is 0 Å². The Hall–Kier alpha value is -1.28. The van der Waals surface area contributed by atoms with E-state index in [9.17, 15) is 0 Å². The lowest BCUT2D eigenvalue weighted by molar-refractivity contribution is 0.224. The molecule has 2 N–H and O–H groups in total. The number of aromatic amines is 1. The van der Waals surface area contributed by atoms with E-state index in [0.29, 0.717) is 10.8 Å². The van der Waals surface area contributed by atoms with Crippen LogP contribution in [0.25, 0.3) is 10.9 Å². The first-order valence-corrected chi connectivity index (χ1v) is 10.9. The summed E-state index contributed by atoms with van der Waals surface area (Å²) in [5.41, 5.74) is 5.36. The SMILES string of the molecule is CC1CC(C)(C)CNCCc2c([nH]c3ccccc23)C(C)(C)CC2(C)CC12. The van der Waals surface area contributed by atoms with Crippen LogP contribution in [0.2, 0.25) is 0 Å². The van der Waals surface area contributed by atoms with Crippen LogP contribution < -0.4 is 5.32 Å². The highest BCUT2D eigenvalue weighted by atomic mass is 14.9. The van der Waals surface area contributed by atoms with Crippen molar-refractivity contribution in [3.8, 4) is 0 Å². The zero-order valence-electron chi connectivity index (χ0n) is 18.2. The van der Waals surface area contributed by atoms with Gasteiger partial charge in [-0.05, 0) is 66.5 Å².